The molecule has 1 aliphatic heterocycles. The van der Waals surface area contributed by atoms with Crippen molar-refractivity contribution in [2.75, 3.05) is 4.90 Å². The van der Waals surface area contributed by atoms with Gasteiger partial charge in [-0.2, -0.15) is 0 Å². The lowest BCUT2D eigenvalue weighted by Crippen LogP contribution is -2.29. The molecule has 0 aliphatic carbocycles. The van der Waals surface area contributed by atoms with Crippen LogP contribution in [-0.2, 0) is 0 Å². The van der Waals surface area contributed by atoms with Crippen LogP contribution in [0.15, 0.2) is 83.5 Å². The van der Waals surface area contributed by atoms with E-state index in [1.54, 1.807) is 18.3 Å². The molecule has 2 atom stereocenters. The Balaban J connectivity index is 1.67. The molecule has 4 nitrogen and oxygen atoms in total. The largest absolute Gasteiger partial charge is 0.351 e. The number of aromatic nitrogens is 2. The van der Waals surface area contributed by atoms with Crippen molar-refractivity contribution in [3.63, 3.8) is 0 Å². The van der Waals surface area contributed by atoms with Crippen molar-refractivity contribution >= 4 is 38.9 Å². The quantitative estimate of drug-likeness (QED) is 0.308. The van der Waals surface area contributed by atoms with E-state index >= 15 is 0 Å². The van der Waals surface area contributed by atoms with E-state index in [-0.39, 0.29) is 17.9 Å². The summed E-state index contributed by atoms with van der Waals surface area (Å²) in [7, 11) is 0. The van der Waals surface area contributed by atoms with Gasteiger partial charge in [0.1, 0.15) is 5.82 Å². The van der Waals surface area contributed by atoms with Crippen molar-refractivity contribution < 1.29 is 4.39 Å². The third kappa shape index (κ3) is 3.96. The fraction of sp³-hybridized carbons (Fsp3) is 0.154. The average Bonchev–Trinajstić information content (AvgIpc) is 3.31. The fourth-order valence-electron chi connectivity index (χ4n) is 4.63. The first-order valence-electron chi connectivity index (χ1n) is 10.6. The first kappa shape index (κ1) is 21.8. The average molecular weight is 521 g/mol. The van der Waals surface area contributed by atoms with E-state index in [1.807, 2.05) is 30.3 Å². The molecule has 5 rings (SSSR count). The molecule has 0 amide bonds. The normalized spacial score (nSPS) is 17.9. The van der Waals surface area contributed by atoms with Crippen molar-refractivity contribution in [1.82, 2.24) is 14.9 Å². The molecule has 3 heterocycles. The molecule has 1 saturated heterocycles. The Morgan fingerprint density at radius 3 is 2.33 bits per heavy atom. The summed E-state index contributed by atoms with van der Waals surface area (Å²) in [6.45, 7) is 4.24. The second kappa shape index (κ2) is 8.72. The number of rotatable bonds is 4. The lowest BCUT2D eigenvalue weighted by atomic mass is 9.96. The van der Waals surface area contributed by atoms with Gasteiger partial charge in [0.2, 0.25) is 0 Å². The Morgan fingerprint density at radius 2 is 1.67 bits per heavy atom. The third-order valence-electron chi connectivity index (χ3n) is 6.08. The second-order valence-electron chi connectivity index (χ2n) is 8.11. The summed E-state index contributed by atoms with van der Waals surface area (Å²) in [4.78, 5) is 6.69. The maximum absolute atomic E-state index is 13.7. The molecule has 166 valence electrons. The lowest BCUT2D eigenvalue weighted by Gasteiger charge is -2.28. The number of benzene rings is 2. The van der Waals surface area contributed by atoms with E-state index in [0.29, 0.717) is 5.11 Å². The summed E-state index contributed by atoms with van der Waals surface area (Å²) >= 11 is 9.30. The summed E-state index contributed by atoms with van der Waals surface area (Å²) in [6, 6.07) is 22.6. The summed E-state index contributed by atoms with van der Waals surface area (Å²) < 4.78 is 17.0. The lowest BCUT2D eigenvalue weighted by molar-refractivity contribution is 0.565. The molecule has 0 radical (unpaired) electrons. The minimum absolute atomic E-state index is 0.145. The third-order valence-corrected chi connectivity index (χ3v) is 6.92. The Hall–Kier alpha value is -3.03. The van der Waals surface area contributed by atoms with Gasteiger partial charge < -0.3 is 14.8 Å². The van der Waals surface area contributed by atoms with Gasteiger partial charge in [0.05, 0.1) is 17.8 Å². The highest BCUT2D eigenvalue weighted by atomic mass is 79.9. The van der Waals surface area contributed by atoms with Crippen LogP contribution in [0.4, 0.5) is 10.1 Å². The Bertz CT molecular complexity index is 1300. The zero-order chi connectivity index (χ0) is 23.1. The molecule has 2 aromatic heterocycles. The van der Waals surface area contributed by atoms with Gasteiger partial charge in [0, 0.05) is 33.4 Å². The van der Waals surface area contributed by atoms with Crippen LogP contribution in [0.1, 0.15) is 34.7 Å². The van der Waals surface area contributed by atoms with Gasteiger partial charge in [-0.1, -0.05) is 22.0 Å². The molecule has 1 aliphatic rings. The van der Waals surface area contributed by atoms with Gasteiger partial charge in [0.15, 0.2) is 5.11 Å². The van der Waals surface area contributed by atoms with Gasteiger partial charge in [-0.05, 0) is 98.4 Å². The zero-order valence-corrected chi connectivity index (χ0v) is 20.6. The smallest absolute Gasteiger partial charge is 0.174 e. The molecule has 0 spiro atoms. The van der Waals surface area contributed by atoms with Crippen LogP contribution in [-0.4, -0.2) is 14.7 Å². The molecule has 7 heteroatoms. The van der Waals surface area contributed by atoms with Crippen LogP contribution in [0.3, 0.4) is 0 Å². The molecule has 1 fully saturated rings. The standard InChI is InChI=1S/C26H22BrFN4S/c1-16-15-22(17(2)31(16)20-10-6-18(27)7-11-20)25-24(23-5-3-4-14-29-23)30-26(33)32(25)21-12-8-19(28)9-13-21/h3-15,24-25H,1-2H3,(H,30,33). The van der Waals surface area contributed by atoms with E-state index in [0.717, 1.165) is 38.5 Å². The van der Waals surface area contributed by atoms with E-state index in [1.165, 1.54) is 12.1 Å². The number of pyridine rings is 1. The Morgan fingerprint density at radius 1 is 0.970 bits per heavy atom. The Labute approximate surface area is 206 Å². The number of hydrogen-bond donors (Lipinski definition) is 1. The van der Waals surface area contributed by atoms with Crippen molar-refractivity contribution in [1.29, 1.82) is 0 Å². The first-order chi connectivity index (χ1) is 15.9. The van der Waals surface area contributed by atoms with Crippen molar-refractivity contribution in [2.45, 2.75) is 25.9 Å². The zero-order valence-electron chi connectivity index (χ0n) is 18.2. The fourth-order valence-corrected chi connectivity index (χ4v) is 5.24. The topological polar surface area (TPSA) is 33.1 Å². The minimum atomic E-state index is -0.275. The molecule has 0 bridgehead atoms. The molecule has 4 aromatic rings. The maximum atomic E-state index is 13.7. The van der Waals surface area contributed by atoms with Gasteiger partial charge in [-0.15, -0.1) is 0 Å². The summed E-state index contributed by atoms with van der Waals surface area (Å²) in [5, 5.41) is 4.06. The number of nitrogens with zero attached hydrogens (tertiary/aromatic N) is 3. The minimum Gasteiger partial charge on any atom is -0.351 e. The monoisotopic (exact) mass is 520 g/mol. The van der Waals surface area contributed by atoms with E-state index < -0.39 is 0 Å². The summed E-state index contributed by atoms with van der Waals surface area (Å²) in [5.41, 5.74) is 6.23. The van der Waals surface area contributed by atoms with Crippen molar-refractivity contribution in [2.24, 2.45) is 0 Å². The summed E-state index contributed by atoms with van der Waals surface area (Å²) in [5.74, 6) is -0.275. The van der Waals surface area contributed by atoms with Gasteiger partial charge in [-0.3, -0.25) is 4.98 Å². The van der Waals surface area contributed by atoms with Crippen LogP contribution in [0, 0.1) is 19.7 Å². The molecule has 1 N–H and O–H groups in total. The molecular formula is C26H22BrFN4S. The van der Waals surface area contributed by atoms with Crippen LogP contribution < -0.4 is 10.2 Å². The highest BCUT2D eigenvalue weighted by Gasteiger charge is 2.42. The second-order valence-corrected chi connectivity index (χ2v) is 9.41. The molecule has 2 unspecified atom stereocenters. The van der Waals surface area contributed by atoms with Crippen molar-refractivity contribution in [3.8, 4) is 5.69 Å². The van der Waals surface area contributed by atoms with E-state index in [9.17, 15) is 4.39 Å². The number of halogens is 2. The van der Waals surface area contributed by atoms with Crippen LogP contribution in [0.25, 0.3) is 5.69 Å². The SMILES string of the molecule is Cc1cc(C2C(c3ccccn3)NC(=S)N2c2ccc(F)cc2)c(C)n1-c1ccc(Br)cc1. The summed E-state index contributed by atoms with van der Waals surface area (Å²) in [6.07, 6.45) is 1.79. The van der Waals surface area contributed by atoms with E-state index in [4.69, 9.17) is 12.2 Å². The Kier molecular flexibility index (Phi) is 5.76. The highest BCUT2D eigenvalue weighted by molar-refractivity contribution is 9.10. The van der Waals surface area contributed by atoms with Crippen LogP contribution >= 0.6 is 28.1 Å². The molecule has 33 heavy (non-hydrogen) atoms. The van der Waals surface area contributed by atoms with Crippen LogP contribution in [0.5, 0.6) is 0 Å². The van der Waals surface area contributed by atoms with Crippen molar-refractivity contribution in [3.05, 3.63) is 112 Å². The number of thiocarbonyl (C=S) groups is 1. The maximum Gasteiger partial charge on any atom is 0.174 e. The number of nitrogens with one attached hydrogen (secondary N) is 1. The highest BCUT2D eigenvalue weighted by Crippen LogP contribution is 2.43. The predicted molar refractivity (Wildman–Crippen MR) is 137 cm³/mol. The number of hydrogen-bond acceptors (Lipinski definition) is 2. The molecular weight excluding hydrogens is 499 g/mol. The number of anilines is 1. The molecule has 2 aromatic carbocycles. The van der Waals surface area contributed by atoms with E-state index in [2.05, 4.69) is 67.7 Å². The van der Waals surface area contributed by atoms with Gasteiger partial charge in [-0.25, -0.2) is 4.39 Å². The predicted octanol–water partition coefficient (Wildman–Crippen LogP) is 6.57. The first-order valence-corrected chi connectivity index (χ1v) is 11.8. The number of aryl methyl sites for hydroxylation is 1. The van der Waals surface area contributed by atoms with Gasteiger partial charge >= 0.3 is 0 Å². The molecule has 0 saturated carbocycles. The van der Waals surface area contributed by atoms with Crippen LogP contribution in [0.2, 0.25) is 0 Å². The van der Waals surface area contributed by atoms with Gasteiger partial charge in [0.25, 0.3) is 0 Å².